The second kappa shape index (κ2) is 5.87. The third-order valence-corrected chi connectivity index (χ3v) is 3.66. The van der Waals surface area contributed by atoms with Gasteiger partial charge in [-0.15, -0.1) is 0 Å². The average Bonchev–Trinajstić information content (AvgIpc) is 2.41. The van der Waals surface area contributed by atoms with E-state index in [2.05, 4.69) is 5.16 Å². The molecule has 0 bridgehead atoms. The Bertz CT molecular complexity index is 479. The minimum absolute atomic E-state index is 0.140. The number of carbonyl (C=O) groups excluding carboxylic acids is 1. The van der Waals surface area contributed by atoms with Crippen LogP contribution in [-0.4, -0.2) is 34.8 Å². The van der Waals surface area contributed by atoms with Gasteiger partial charge in [0.05, 0.1) is 12.1 Å². The molecule has 19 heavy (non-hydrogen) atoms. The summed E-state index contributed by atoms with van der Waals surface area (Å²) in [7, 11) is 0. The Kier molecular flexibility index (Phi) is 4.20. The molecule has 102 valence electrons. The zero-order chi connectivity index (χ0) is 13.8. The lowest BCUT2D eigenvalue weighted by Crippen LogP contribution is -2.43. The molecule has 1 aromatic rings. The standard InChI is InChI=1S/C15H20N2O2/c1-11-3-5-13(6-4-11)9-15(18)17-8-7-14(16-19)12(2)10-17/h3-6,12,19H,7-10H2,1-2H3/b16-14+. The highest BCUT2D eigenvalue weighted by Crippen LogP contribution is 2.15. The molecular weight excluding hydrogens is 240 g/mol. The first-order chi connectivity index (χ1) is 9.10. The minimum atomic E-state index is 0.140. The normalized spacial score (nSPS) is 21.7. The Morgan fingerprint density at radius 2 is 2.11 bits per heavy atom. The summed E-state index contributed by atoms with van der Waals surface area (Å²) in [6.07, 6.45) is 1.11. The van der Waals surface area contributed by atoms with E-state index in [1.54, 1.807) is 0 Å². The fraction of sp³-hybridized carbons (Fsp3) is 0.467. The molecule has 1 fully saturated rings. The van der Waals surface area contributed by atoms with Crippen LogP contribution in [0.2, 0.25) is 0 Å². The summed E-state index contributed by atoms with van der Waals surface area (Å²) < 4.78 is 0. The largest absolute Gasteiger partial charge is 0.411 e. The summed E-state index contributed by atoms with van der Waals surface area (Å²) in [6.45, 7) is 5.31. The van der Waals surface area contributed by atoms with Crippen LogP contribution in [0.1, 0.15) is 24.5 Å². The van der Waals surface area contributed by atoms with Crippen LogP contribution in [0.25, 0.3) is 0 Å². The number of rotatable bonds is 2. The van der Waals surface area contributed by atoms with E-state index in [-0.39, 0.29) is 11.8 Å². The maximum absolute atomic E-state index is 12.2. The van der Waals surface area contributed by atoms with Gasteiger partial charge in [-0.3, -0.25) is 4.79 Å². The molecule has 0 saturated carbocycles. The molecule has 1 atom stereocenters. The van der Waals surface area contributed by atoms with Crippen LogP contribution in [0.3, 0.4) is 0 Å². The van der Waals surface area contributed by atoms with Crippen molar-refractivity contribution in [3.8, 4) is 0 Å². The van der Waals surface area contributed by atoms with Crippen molar-refractivity contribution >= 4 is 11.6 Å². The molecule has 2 rings (SSSR count). The van der Waals surface area contributed by atoms with Crippen molar-refractivity contribution in [3.05, 3.63) is 35.4 Å². The first-order valence-electron chi connectivity index (χ1n) is 6.64. The predicted molar refractivity (Wildman–Crippen MR) is 74.5 cm³/mol. The number of amides is 1. The molecule has 4 nitrogen and oxygen atoms in total. The summed E-state index contributed by atoms with van der Waals surface area (Å²) in [4.78, 5) is 14.1. The number of carbonyl (C=O) groups is 1. The molecule has 1 amide bonds. The van der Waals surface area contributed by atoms with Crippen LogP contribution in [0, 0.1) is 12.8 Å². The summed E-state index contributed by atoms with van der Waals surface area (Å²) in [6, 6.07) is 8.05. The van der Waals surface area contributed by atoms with Gasteiger partial charge in [-0.1, -0.05) is 41.9 Å². The summed E-state index contributed by atoms with van der Waals surface area (Å²) >= 11 is 0. The molecule has 1 saturated heterocycles. The number of piperidine rings is 1. The van der Waals surface area contributed by atoms with Crippen molar-refractivity contribution in [2.24, 2.45) is 11.1 Å². The highest BCUT2D eigenvalue weighted by atomic mass is 16.4. The van der Waals surface area contributed by atoms with Crippen LogP contribution in [0.15, 0.2) is 29.4 Å². The summed E-state index contributed by atoms with van der Waals surface area (Å²) in [5.41, 5.74) is 3.04. The monoisotopic (exact) mass is 260 g/mol. The quantitative estimate of drug-likeness (QED) is 0.655. The van der Waals surface area contributed by atoms with Gasteiger partial charge in [-0.05, 0) is 12.5 Å². The zero-order valence-electron chi connectivity index (χ0n) is 11.5. The van der Waals surface area contributed by atoms with E-state index in [1.165, 1.54) is 5.56 Å². The molecule has 4 heteroatoms. The first kappa shape index (κ1) is 13.6. The lowest BCUT2D eigenvalue weighted by molar-refractivity contribution is -0.131. The van der Waals surface area contributed by atoms with E-state index in [0.29, 0.717) is 25.9 Å². The lowest BCUT2D eigenvalue weighted by Gasteiger charge is -2.31. The van der Waals surface area contributed by atoms with Crippen LogP contribution >= 0.6 is 0 Å². The molecule has 1 aliphatic rings. The SMILES string of the molecule is Cc1ccc(CC(=O)N2CC/C(=N\O)C(C)C2)cc1. The van der Waals surface area contributed by atoms with Gasteiger partial charge >= 0.3 is 0 Å². The number of nitrogens with zero attached hydrogens (tertiary/aromatic N) is 2. The Hall–Kier alpha value is -1.84. The van der Waals surface area contributed by atoms with Crippen molar-refractivity contribution in [2.45, 2.75) is 26.7 Å². The van der Waals surface area contributed by atoms with Gasteiger partial charge in [0.2, 0.25) is 5.91 Å². The minimum Gasteiger partial charge on any atom is -0.411 e. The van der Waals surface area contributed by atoms with E-state index in [0.717, 1.165) is 11.3 Å². The third-order valence-electron chi connectivity index (χ3n) is 3.66. The fourth-order valence-electron chi connectivity index (χ4n) is 2.39. The second-order valence-electron chi connectivity index (χ2n) is 5.24. The third kappa shape index (κ3) is 3.34. The number of hydrogen-bond acceptors (Lipinski definition) is 3. The zero-order valence-corrected chi connectivity index (χ0v) is 11.5. The highest BCUT2D eigenvalue weighted by molar-refractivity contribution is 5.89. The molecule has 1 N–H and O–H groups in total. The molecule has 0 aliphatic carbocycles. The fourth-order valence-corrected chi connectivity index (χ4v) is 2.39. The molecule has 1 heterocycles. The van der Waals surface area contributed by atoms with E-state index >= 15 is 0 Å². The Morgan fingerprint density at radius 3 is 2.68 bits per heavy atom. The lowest BCUT2D eigenvalue weighted by atomic mass is 9.97. The van der Waals surface area contributed by atoms with Crippen molar-refractivity contribution in [3.63, 3.8) is 0 Å². The number of benzene rings is 1. The molecule has 0 aromatic heterocycles. The Balaban J connectivity index is 1.96. The number of hydrogen-bond donors (Lipinski definition) is 1. The van der Waals surface area contributed by atoms with Gasteiger partial charge in [0, 0.05) is 25.4 Å². The highest BCUT2D eigenvalue weighted by Gasteiger charge is 2.25. The number of oxime groups is 1. The van der Waals surface area contributed by atoms with E-state index < -0.39 is 0 Å². The van der Waals surface area contributed by atoms with Crippen LogP contribution in [-0.2, 0) is 11.2 Å². The molecule has 1 aliphatic heterocycles. The number of likely N-dealkylation sites (tertiary alicyclic amines) is 1. The topological polar surface area (TPSA) is 52.9 Å². The maximum atomic E-state index is 12.2. The average molecular weight is 260 g/mol. The smallest absolute Gasteiger partial charge is 0.227 e. The Morgan fingerprint density at radius 1 is 1.42 bits per heavy atom. The summed E-state index contributed by atoms with van der Waals surface area (Å²) in [5, 5.41) is 12.1. The van der Waals surface area contributed by atoms with Crippen molar-refractivity contribution in [1.29, 1.82) is 0 Å². The molecule has 0 radical (unpaired) electrons. The van der Waals surface area contributed by atoms with Crippen molar-refractivity contribution in [2.75, 3.05) is 13.1 Å². The van der Waals surface area contributed by atoms with Gasteiger partial charge < -0.3 is 10.1 Å². The Labute approximate surface area is 113 Å². The van der Waals surface area contributed by atoms with Gasteiger partial charge in [0.25, 0.3) is 0 Å². The second-order valence-corrected chi connectivity index (χ2v) is 5.24. The predicted octanol–water partition coefficient (Wildman–Crippen LogP) is 2.24. The van der Waals surface area contributed by atoms with Crippen LogP contribution < -0.4 is 0 Å². The molecular formula is C15H20N2O2. The van der Waals surface area contributed by atoms with Crippen molar-refractivity contribution in [1.82, 2.24) is 4.90 Å². The van der Waals surface area contributed by atoms with Gasteiger partial charge in [-0.2, -0.15) is 0 Å². The summed E-state index contributed by atoms with van der Waals surface area (Å²) in [5.74, 6) is 0.286. The van der Waals surface area contributed by atoms with E-state index in [9.17, 15) is 4.79 Å². The van der Waals surface area contributed by atoms with Crippen LogP contribution in [0.4, 0.5) is 0 Å². The van der Waals surface area contributed by atoms with Crippen LogP contribution in [0.5, 0.6) is 0 Å². The maximum Gasteiger partial charge on any atom is 0.227 e. The number of aryl methyl sites for hydroxylation is 1. The molecule has 0 spiro atoms. The molecule has 1 aromatic carbocycles. The van der Waals surface area contributed by atoms with Crippen molar-refractivity contribution < 1.29 is 10.0 Å². The van der Waals surface area contributed by atoms with Gasteiger partial charge in [-0.25, -0.2) is 0 Å². The molecule has 1 unspecified atom stereocenters. The van der Waals surface area contributed by atoms with E-state index in [1.807, 2.05) is 43.0 Å². The van der Waals surface area contributed by atoms with Gasteiger partial charge in [0.15, 0.2) is 0 Å². The first-order valence-corrected chi connectivity index (χ1v) is 6.64. The van der Waals surface area contributed by atoms with E-state index in [4.69, 9.17) is 5.21 Å². The van der Waals surface area contributed by atoms with Gasteiger partial charge in [0.1, 0.15) is 0 Å².